The van der Waals surface area contributed by atoms with Crippen molar-refractivity contribution in [2.75, 3.05) is 13.1 Å². The van der Waals surface area contributed by atoms with E-state index in [-0.39, 0.29) is 0 Å². The summed E-state index contributed by atoms with van der Waals surface area (Å²) in [6.07, 6.45) is 7.31. The monoisotopic (exact) mass is 205 g/mol. The number of hydrogen-bond donors (Lipinski definition) is 1. The van der Waals surface area contributed by atoms with E-state index in [1.807, 2.05) is 0 Å². The van der Waals surface area contributed by atoms with Crippen LogP contribution in [0.2, 0.25) is 0 Å². The standard InChI is InChI=1S/C12H19N3/c1-9-14-8-11-3-2-4-12(15(9)11)10-5-6-13-7-10/h8,10,12-13H,2-7H2,1H3. The minimum Gasteiger partial charge on any atom is -0.329 e. The van der Waals surface area contributed by atoms with Crippen LogP contribution in [0.5, 0.6) is 0 Å². The third-order valence-corrected chi connectivity index (χ3v) is 3.97. The maximum Gasteiger partial charge on any atom is 0.105 e. The zero-order valence-electron chi connectivity index (χ0n) is 9.37. The fraction of sp³-hybridized carbons (Fsp3) is 0.750. The van der Waals surface area contributed by atoms with Gasteiger partial charge in [-0.1, -0.05) is 0 Å². The second-order valence-corrected chi connectivity index (χ2v) is 4.88. The molecule has 3 rings (SSSR count). The number of nitrogens with zero attached hydrogens (tertiary/aromatic N) is 2. The summed E-state index contributed by atoms with van der Waals surface area (Å²) in [5, 5.41) is 3.48. The van der Waals surface area contributed by atoms with E-state index in [1.54, 1.807) is 0 Å². The third kappa shape index (κ3) is 1.49. The van der Waals surface area contributed by atoms with Gasteiger partial charge in [0.2, 0.25) is 0 Å². The number of aromatic nitrogens is 2. The van der Waals surface area contributed by atoms with Gasteiger partial charge in [0, 0.05) is 17.9 Å². The molecule has 0 spiro atoms. The lowest BCUT2D eigenvalue weighted by Gasteiger charge is -2.31. The van der Waals surface area contributed by atoms with E-state index in [9.17, 15) is 0 Å². The first-order chi connectivity index (χ1) is 7.36. The van der Waals surface area contributed by atoms with Gasteiger partial charge in [-0.15, -0.1) is 0 Å². The minimum atomic E-state index is 0.714. The molecular weight excluding hydrogens is 186 g/mol. The van der Waals surface area contributed by atoms with E-state index in [0.29, 0.717) is 6.04 Å². The van der Waals surface area contributed by atoms with E-state index < -0.39 is 0 Å². The average molecular weight is 205 g/mol. The molecule has 0 saturated carbocycles. The summed E-state index contributed by atoms with van der Waals surface area (Å²) >= 11 is 0. The molecule has 2 atom stereocenters. The Bertz CT molecular complexity index is 350. The zero-order valence-corrected chi connectivity index (χ0v) is 9.37. The van der Waals surface area contributed by atoms with Crippen LogP contribution in [0.4, 0.5) is 0 Å². The molecule has 82 valence electrons. The number of hydrogen-bond acceptors (Lipinski definition) is 2. The van der Waals surface area contributed by atoms with Gasteiger partial charge in [-0.25, -0.2) is 4.98 Å². The second kappa shape index (κ2) is 3.63. The van der Waals surface area contributed by atoms with Crippen molar-refractivity contribution >= 4 is 0 Å². The molecule has 0 amide bonds. The summed E-state index contributed by atoms with van der Waals surface area (Å²) in [4.78, 5) is 4.46. The van der Waals surface area contributed by atoms with Gasteiger partial charge in [-0.2, -0.15) is 0 Å². The van der Waals surface area contributed by atoms with E-state index in [0.717, 1.165) is 5.92 Å². The molecule has 2 aliphatic rings. The zero-order chi connectivity index (χ0) is 10.3. The van der Waals surface area contributed by atoms with Crippen LogP contribution >= 0.6 is 0 Å². The number of rotatable bonds is 1. The predicted molar refractivity (Wildman–Crippen MR) is 59.9 cm³/mol. The lowest BCUT2D eigenvalue weighted by atomic mass is 9.90. The molecule has 3 heteroatoms. The number of aryl methyl sites for hydroxylation is 2. The normalized spacial score (nSPS) is 30.5. The van der Waals surface area contributed by atoms with Gasteiger partial charge >= 0.3 is 0 Å². The Morgan fingerprint density at radius 1 is 1.47 bits per heavy atom. The molecule has 15 heavy (non-hydrogen) atoms. The second-order valence-electron chi connectivity index (χ2n) is 4.88. The molecular formula is C12H19N3. The Balaban J connectivity index is 1.93. The van der Waals surface area contributed by atoms with Gasteiger partial charge in [0.15, 0.2) is 0 Å². The van der Waals surface area contributed by atoms with Gasteiger partial charge in [0.05, 0.1) is 0 Å². The first-order valence-electron chi connectivity index (χ1n) is 6.09. The highest BCUT2D eigenvalue weighted by molar-refractivity contribution is 5.10. The van der Waals surface area contributed by atoms with Crippen LogP contribution in [-0.4, -0.2) is 22.6 Å². The largest absolute Gasteiger partial charge is 0.329 e. The van der Waals surface area contributed by atoms with Crippen molar-refractivity contribution in [1.29, 1.82) is 0 Å². The molecule has 1 fully saturated rings. The van der Waals surface area contributed by atoms with Gasteiger partial charge < -0.3 is 9.88 Å². The highest BCUT2D eigenvalue weighted by Crippen LogP contribution is 2.34. The van der Waals surface area contributed by atoms with Crippen molar-refractivity contribution < 1.29 is 0 Å². The van der Waals surface area contributed by atoms with E-state index >= 15 is 0 Å². The van der Waals surface area contributed by atoms with Crippen LogP contribution in [0.25, 0.3) is 0 Å². The first-order valence-corrected chi connectivity index (χ1v) is 6.09. The van der Waals surface area contributed by atoms with Crippen LogP contribution in [0.15, 0.2) is 6.20 Å². The molecule has 0 bridgehead atoms. The molecule has 1 N–H and O–H groups in total. The first kappa shape index (κ1) is 9.40. The molecule has 0 aromatic carbocycles. The summed E-state index contributed by atoms with van der Waals surface area (Å²) < 4.78 is 2.50. The van der Waals surface area contributed by atoms with Gasteiger partial charge in [0.25, 0.3) is 0 Å². The minimum absolute atomic E-state index is 0.714. The fourth-order valence-corrected chi connectivity index (χ4v) is 3.21. The summed E-state index contributed by atoms with van der Waals surface area (Å²) in [6.45, 7) is 4.54. The number of fused-ring (bicyclic) bond motifs is 1. The van der Waals surface area contributed by atoms with Crippen LogP contribution < -0.4 is 5.32 Å². The van der Waals surface area contributed by atoms with Crippen molar-refractivity contribution in [2.45, 2.75) is 38.6 Å². The van der Waals surface area contributed by atoms with E-state index in [4.69, 9.17) is 0 Å². The molecule has 3 heterocycles. The van der Waals surface area contributed by atoms with Gasteiger partial charge in [-0.3, -0.25) is 0 Å². The quantitative estimate of drug-likeness (QED) is 0.756. The Labute approximate surface area is 90.9 Å². The van der Waals surface area contributed by atoms with Crippen LogP contribution in [0.1, 0.15) is 36.8 Å². The highest BCUT2D eigenvalue weighted by atomic mass is 15.1. The van der Waals surface area contributed by atoms with E-state index in [1.165, 1.54) is 50.3 Å². The topological polar surface area (TPSA) is 29.9 Å². The average Bonchev–Trinajstić information content (AvgIpc) is 2.88. The van der Waals surface area contributed by atoms with Crippen molar-refractivity contribution in [3.05, 3.63) is 17.7 Å². The maximum atomic E-state index is 4.46. The molecule has 2 unspecified atom stereocenters. The summed E-state index contributed by atoms with van der Waals surface area (Å²) in [5.41, 5.74) is 1.45. The van der Waals surface area contributed by atoms with E-state index in [2.05, 4.69) is 28.0 Å². The number of imidazole rings is 1. The fourth-order valence-electron chi connectivity index (χ4n) is 3.21. The molecule has 1 aromatic heterocycles. The molecule has 0 aliphatic carbocycles. The van der Waals surface area contributed by atoms with Gasteiger partial charge in [-0.05, 0) is 51.6 Å². The molecule has 1 saturated heterocycles. The molecule has 2 aliphatic heterocycles. The van der Waals surface area contributed by atoms with Gasteiger partial charge in [0.1, 0.15) is 5.82 Å². The van der Waals surface area contributed by atoms with Crippen molar-refractivity contribution in [3.8, 4) is 0 Å². The lowest BCUT2D eigenvalue weighted by molar-refractivity contribution is 0.290. The summed E-state index contributed by atoms with van der Waals surface area (Å²) in [5.74, 6) is 2.04. The number of nitrogens with one attached hydrogen (secondary N) is 1. The maximum absolute atomic E-state index is 4.46. The Morgan fingerprint density at radius 2 is 2.40 bits per heavy atom. The summed E-state index contributed by atoms with van der Waals surface area (Å²) in [6, 6.07) is 0.714. The van der Waals surface area contributed by atoms with Crippen molar-refractivity contribution in [3.63, 3.8) is 0 Å². The smallest absolute Gasteiger partial charge is 0.105 e. The lowest BCUT2D eigenvalue weighted by Crippen LogP contribution is -2.27. The van der Waals surface area contributed by atoms with Crippen LogP contribution in [-0.2, 0) is 6.42 Å². The van der Waals surface area contributed by atoms with Crippen LogP contribution in [0.3, 0.4) is 0 Å². The molecule has 1 aromatic rings. The summed E-state index contributed by atoms with van der Waals surface area (Å²) in [7, 11) is 0. The Kier molecular flexibility index (Phi) is 2.28. The van der Waals surface area contributed by atoms with Crippen molar-refractivity contribution in [1.82, 2.24) is 14.9 Å². The Hall–Kier alpha value is -0.830. The molecule has 0 radical (unpaired) electrons. The predicted octanol–water partition coefficient (Wildman–Crippen LogP) is 1.68. The van der Waals surface area contributed by atoms with Crippen LogP contribution in [0, 0.1) is 12.8 Å². The molecule has 3 nitrogen and oxygen atoms in total. The SMILES string of the molecule is Cc1ncc2n1C(C1CCNC1)CCC2. The third-order valence-electron chi connectivity index (χ3n) is 3.97. The highest BCUT2D eigenvalue weighted by Gasteiger charge is 2.30. The van der Waals surface area contributed by atoms with Crippen molar-refractivity contribution in [2.24, 2.45) is 5.92 Å². The Morgan fingerprint density at radius 3 is 3.20 bits per heavy atom.